The van der Waals surface area contributed by atoms with Crippen LogP contribution in [0.1, 0.15) is 16.7 Å². The highest BCUT2D eigenvalue weighted by atomic mass is 16.3. The molecule has 2 aromatic rings. The van der Waals surface area contributed by atoms with Crippen molar-refractivity contribution in [2.24, 2.45) is 0 Å². The van der Waals surface area contributed by atoms with E-state index in [1.54, 1.807) is 0 Å². The Morgan fingerprint density at radius 3 is 2.14 bits per heavy atom. The molecular formula is C17H22N2O2. The molecule has 0 aliphatic rings. The summed E-state index contributed by atoms with van der Waals surface area (Å²) >= 11 is 0. The van der Waals surface area contributed by atoms with Crippen LogP contribution >= 0.6 is 0 Å². The number of aliphatic hydroxyl groups excluding tert-OH is 2. The number of nitrogen functional groups attached to an aromatic ring is 2. The minimum absolute atomic E-state index is 0.000701. The predicted octanol–water partition coefficient (Wildman–Crippen LogP) is 1.90. The van der Waals surface area contributed by atoms with E-state index in [-0.39, 0.29) is 13.2 Å². The Bertz CT molecular complexity index is 639. The lowest BCUT2D eigenvalue weighted by molar-refractivity contribution is 0.293. The van der Waals surface area contributed by atoms with E-state index in [9.17, 15) is 10.2 Å². The van der Waals surface area contributed by atoms with Crippen molar-refractivity contribution in [1.29, 1.82) is 0 Å². The van der Waals surface area contributed by atoms with Crippen molar-refractivity contribution in [2.75, 3.05) is 24.7 Å². The van der Waals surface area contributed by atoms with Crippen LogP contribution in [-0.4, -0.2) is 23.4 Å². The van der Waals surface area contributed by atoms with Gasteiger partial charge in [-0.15, -0.1) is 0 Å². The van der Waals surface area contributed by atoms with Crippen LogP contribution in [0.5, 0.6) is 0 Å². The largest absolute Gasteiger partial charge is 0.398 e. The predicted molar refractivity (Wildman–Crippen MR) is 87.0 cm³/mol. The molecular weight excluding hydrogens is 264 g/mol. The maximum Gasteiger partial charge on any atom is 0.0472 e. The van der Waals surface area contributed by atoms with Crippen molar-refractivity contribution in [1.82, 2.24) is 0 Å². The van der Waals surface area contributed by atoms with E-state index < -0.39 is 0 Å². The smallest absolute Gasteiger partial charge is 0.0472 e. The van der Waals surface area contributed by atoms with Crippen LogP contribution < -0.4 is 11.5 Å². The van der Waals surface area contributed by atoms with Crippen molar-refractivity contribution in [3.8, 4) is 11.1 Å². The van der Waals surface area contributed by atoms with E-state index in [0.717, 1.165) is 27.8 Å². The van der Waals surface area contributed by atoms with E-state index in [1.807, 2.05) is 37.3 Å². The highest BCUT2D eigenvalue weighted by molar-refractivity contribution is 5.85. The third-order valence-electron chi connectivity index (χ3n) is 3.79. The quantitative estimate of drug-likeness (QED) is 0.632. The Morgan fingerprint density at radius 2 is 1.52 bits per heavy atom. The van der Waals surface area contributed by atoms with Crippen LogP contribution in [0.15, 0.2) is 30.3 Å². The summed E-state index contributed by atoms with van der Waals surface area (Å²) in [7, 11) is 0. The second kappa shape index (κ2) is 6.61. The fourth-order valence-electron chi connectivity index (χ4n) is 2.72. The molecule has 21 heavy (non-hydrogen) atoms. The number of hydrogen-bond donors (Lipinski definition) is 4. The van der Waals surface area contributed by atoms with Crippen molar-refractivity contribution in [2.45, 2.75) is 19.8 Å². The number of aliphatic hydroxyl groups is 2. The maximum absolute atomic E-state index is 9.28. The van der Waals surface area contributed by atoms with Crippen molar-refractivity contribution < 1.29 is 10.2 Å². The van der Waals surface area contributed by atoms with Gasteiger partial charge in [-0.25, -0.2) is 0 Å². The second-order valence-corrected chi connectivity index (χ2v) is 5.15. The Labute approximate surface area is 125 Å². The Morgan fingerprint density at radius 1 is 0.905 bits per heavy atom. The van der Waals surface area contributed by atoms with Crippen LogP contribution in [0.2, 0.25) is 0 Å². The molecule has 4 nitrogen and oxygen atoms in total. The highest BCUT2D eigenvalue weighted by Crippen LogP contribution is 2.36. The van der Waals surface area contributed by atoms with Gasteiger partial charge in [0.25, 0.3) is 0 Å². The van der Waals surface area contributed by atoms with Gasteiger partial charge < -0.3 is 21.7 Å². The Hall–Kier alpha value is -2.04. The van der Waals surface area contributed by atoms with Gasteiger partial charge in [0.2, 0.25) is 0 Å². The van der Waals surface area contributed by atoms with E-state index in [0.29, 0.717) is 24.2 Å². The zero-order valence-electron chi connectivity index (χ0n) is 12.3. The van der Waals surface area contributed by atoms with E-state index in [2.05, 4.69) is 0 Å². The zero-order chi connectivity index (χ0) is 15.4. The lowest BCUT2D eigenvalue weighted by Crippen LogP contribution is -2.09. The van der Waals surface area contributed by atoms with Crippen LogP contribution in [0.25, 0.3) is 11.1 Å². The average Bonchev–Trinajstić information content (AvgIpc) is 2.47. The molecule has 0 saturated carbocycles. The van der Waals surface area contributed by atoms with Gasteiger partial charge in [0.05, 0.1) is 0 Å². The molecule has 0 saturated heterocycles. The first-order chi connectivity index (χ1) is 10.1. The maximum atomic E-state index is 9.28. The molecule has 0 radical (unpaired) electrons. The molecule has 0 unspecified atom stereocenters. The summed E-state index contributed by atoms with van der Waals surface area (Å²) in [6, 6.07) is 9.84. The van der Waals surface area contributed by atoms with Crippen molar-refractivity contribution in [3.63, 3.8) is 0 Å². The third-order valence-corrected chi connectivity index (χ3v) is 3.79. The Kier molecular flexibility index (Phi) is 4.83. The van der Waals surface area contributed by atoms with E-state index in [4.69, 9.17) is 11.5 Å². The lowest BCUT2D eigenvalue weighted by atomic mass is 9.90. The minimum Gasteiger partial charge on any atom is -0.398 e. The summed E-state index contributed by atoms with van der Waals surface area (Å²) in [6.45, 7) is 2.03. The molecule has 0 amide bonds. The SMILES string of the molecule is Cc1ccccc1-c1cc(N)c(CCO)c(CCO)c1N. The summed E-state index contributed by atoms with van der Waals surface area (Å²) in [5.41, 5.74) is 18.4. The van der Waals surface area contributed by atoms with Gasteiger partial charge in [-0.3, -0.25) is 0 Å². The standard InChI is InChI=1S/C17H22N2O2/c1-11-4-2-3-5-12(11)15-10-16(18)13(6-8-20)14(7-9-21)17(15)19/h2-5,10,20-21H,6-9,18-19H2,1H3. The molecule has 0 atom stereocenters. The lowest BCUT2D eigenvalue weighted by Gasteiger charge is -2.19. The summed E-state index contributed by atoms with van der Waals surface area (Å²) in [4.78, 5) is 0. The summed E-state index contributed by atoms with van der Waals surface area (Å²) in [6.07, 6.45) is 0.879. The van der Waals surface area contributed by atoms with Gasteiger partial charge in [0.15, 0.2) is 0 Å². The van der Waals surface area contributed by atoms with Crippen LogP contribution in [0.4, 0.5) is 11.4 Å². The monoisotopic (exact) mass is 286 g/mol. The van der Waals surface area contributed by atoms with Gasteiger partial charge in [-0.2, -0.15) is 0 Å². The Balaban J connectivity index is 2.66. The molecule has 112 valence electrons. The van der Waals surface area contributed by atoms with Crippen molar-refractivity contribution >= 4 is 11.4 Å². The van der Waals surface area contributed by atoms with Crippen LogP contribution in [0.3, 0.4) is 0 Å². The van der Waals surface area contributed by atoms with E-state index in [1.165, 1.54) is 0 Å². The fourth-order valence-corrected chi connectivity index (χ4v) is 2.72. The summed E-state index contributed by atoms with van der Waals surface area (Å²) < 4.78 is 0. The third kappa shape index (κ3) is 3.01. The molecule has 0 aromatic heterocycles. The van der Waals surface area contributed by atoms with Gasteiger partial charge in [-0.1, -0.05) is 24.3 Å². The number of benzene rings is 2. The number of anilines is 2. The van der Waals surface area contributed by atoms with Crippen molar-refractivity contribution in [3.05, 3.63) is 47.0 Å². The van der Waals surface area contributed by atoms with Gasteiger partial charge in [0, 0.05) is 30.2 Å². The van der Waals surface area contributed by atoms with Crippen LogP contribution in [-0.2, 0) is 12.8 Å². The molecule has 0 heterocycles. The highest BCUT2D eigenvalue weighted by Gasteiger charge is 2.16. The average molecular weight is 286 g/mol. The van der Waals surface area contributed by atoms with Gasteiger partial charge in [-0.05, 0) is 48.1 Å². The first kappa shape index (κ1) is 15.4. The number of aryl methyl sites for hydroxylation is 1. The van der Waals surface area contributed by atoms with Crippen LogP contribution in [0, 0.1) is 6.92 Å². The molecule has 0 aliphatic heterocycles. The first-order valence-corrected chi connectivity index (χ1v) is 7.07. The molecule has 0 aliphatic carbocycles. The molecule has 0 bridgehead atoms. The molecule has 0 spiro atoms. The number of nitrogens with two attached hydrogens (primary N) is 2. The number of rotatable bonds is 5. The number of hydrogen-bond acceptors (Lipinski definition) is 4. The van der Waals surface area contributed by atoms with E-state index >= 15 is 0 Å². The molecule has 2 rings (SSSR count). The summed E-state index contributed by atoms with van der Waals surface area (Å²) in [5.74, 6) is 0. The molecule has 2 aromatic carbocycles. The molecule has 6 N–H and O–H groups in total. The van der Waals surface area contributed by atoms with Gasteiger partial charge >= 0.3 is 0 Å². The topological polar surface area (TPSA) is 92.5 Å². The minimum atomic E-state index is -0.000701. The molecule has 0 fully saturated rings. The first-order valence-electron chi connectivity index (χ1n) is 7.07. The molecule has 4 heteroatoms. The fraction of sp³-hybridized carbons (Fsp3) is 0.294. The second-order valence-electron chi connectivity index (χ2n) is 5.15. The summed E-state index contributed by atoms with van der Waals surface area (Å²) in [5, 5.41) is 18.5. The normalized spacial score (nSPS) is 10.8. The van der Waals surface area contributed by atoms with Gasteiger partial charge in [0.1, 0.15) is 0 Å². The zero-order valence-corrected chi connectivity index (χ0v) is 12.3.